The van der Waals surface area contributed by atoms with Gasteiger partial charge in [0.2, 0.25) is 5.91 Å². The average Bonchev–Trinajstić information content (AvgIpc) is 3.04. The summed E-state index contributed by atoms with van der Waals surface area (Å²) in [5, 5.41) is 5.77. The summed E-state index contributed by atoms with van der Waals surface area (Å²) in [6, 6.07) is 8.30. The van der Waals surface area contributed by atoms with E-state index >= 15 is 0 Å². The fourth-order valence-electron chi connectivity index (χ4n) is 4.01. The van der Waals surface area contributed by atoms with Crippen LogP contribution < -0.4 is 4.90 Å². The highest BCUT2D eigenvalue weighted by Crippen LogP contribution is 2.29. The Morgan fingerprint density at radius 1 is 1.00 bits per heavy atom. The van der Waals surface area contributed by atoms with Crippen molar-refractivity contribution in [2.24, 2.45) is 5.92 Å². The van der Waals surface area contributed by atoms with Gasteiger partial charge >= 0.3 is 0 Å². The molecule has 0 radical (unpaired) electrons. The van der Waals surface area contributed by atoms with Gasteiger partial charge in [-0.15, -0.1) is 0 Å². The highest BCUT2D eigenvalue weighted by Gasteiger charge is 2.26. The number of rotatable bonds is 4. The number of benzene rings is 1. The molecule has 0 atom stereocenters. The van der Waals surface area contributed by atoms with E-state index in [1.54, 1.807) is 0 Å². The maximum atomic E-state index is 12.4. The largest absolute Gasteiger partial charge is 0.352 e. The number of nitrogens with zero attached hydrogens (tertiary/aromatic N) is 6. The van der Waals surface area contributed by atoms with Crippen LogP contribution in [0.4, 0.5) is 5.82 Å². The molecular weight excluding hydrogens is 376 g/mol. The zero-order valence-corrected chi connectivity index (χ0v) is 18.5. The summed E-state index contributed by atoms with van der Waals surface area (Å²) >= 11 is 0. The molecule has 158 valence electrons. The molecule has 0 unspecified atom stereocenters. The van der Waals surface area contributed by atoms with Crippen LogP contribution in [-0.4, -0.2) is 56.7 Å². The molecule has 1 aliphatic rings. The number of anilines is 1. The summed E-state index contributed by atoms with van der Waals surface area (Å²) in [5.41, 5.74) is 3.95. The van der Waals surface area contributed by atoms with Gasteiger partial charge in [0.15, 0.2) is 5.65 Å². The second-order valence-corrected chi connectivity index (χ2v) is 8.59. The zero-order chi connectivity index (χ0) is 21.4. The van der Waals surface area contributed by atoms with Gasteiger partial charge in [-0.25, -0.2) is 14.6 Å². The molecule has 0 saturated carbocycles. The van der Waals surface area contributed by atoms with Crippen molar-refractivity contribution in [1.82, 2.24) is 24.6 Å². The van der Waals surface area contributed by atoms with Crippen molar-refractivity contribution < 1.29 is 4.79 Å². The fourth-order valence-corrected chi connectivity index (χ4v) is 4.01. The summed E-state index contributed by atoms with van der Waals surface area (Å²) in [5.74, 6) is 2.28. The summed E-state index contributed by atoms with van der Waals surface area (Å²) in [4.78, 5) is 26.2. The smallest absolute Gasteiger partial charge is 0.222 e. The van der Waals surface area contributed by atoms with Gasteiger partial charge in [0.05, 0.1) is 16.8 Å². The number of fused-ring (bicyclic) bond motifs is 1. The lowest BCUT2D eigenvalue weighted by Crippen LogP contribution is -2.49. The van der Waals surface area contributed by atoms with Crippen molar-refractivity contribution in [1.29, 1.82) is 0 Å². The van der Waals surface area contributed by atoms with Crippen LogP contribution in [0, 0.1) is 26.7 Å². The van der Waals surface area contributed by atoms with Gasteiger partial charge in [0.1, 0.15) is 11.6 Å². The second kappa shape index (κ2) is 8.05. The van der Waals surface area contributed by atoms with E-state index in [-0.39, 0.29) is 5.91 Å². The molecule has 2 aromatic heterocycles. The Morgan fingerprint density at radius 2 is 1.67 bits per heavy atom. The van der Waals surface area contributed by atoms with E-state index in [2.05, 4.69) is 49.9 Å². The Labute approximate surface area is 177 Å². The molecule has 30 heavy (non-hydrogen) atoms. The number of hydrogen-bond acceptors (Lipinski definition) is 5. The number of carbonyl (C=O) groups excluding carboxylic acids is 1. The molecule has 1 fully saturated rings. The summed E-state index contributed by atoms with van der Waals surface area (Å²) in [6.45, 7) is 13.2. The maximum absolute atomic E-state index is 12.4. The average molecular weight is 407 g/mol. The van der Waals surface area contributed by atoms with E-state index < -0.39 is 0 Å². The van der Waals surface area contributed by atoms with E-state index in [1.165, 1.54) is 5.56 Å². The molecule has 0 spiro atoms. The molecule has 3 aromatic rings. The lowest BCUT2D eigenvalue weighted by Gasteiger charge is -2.36. The normalized spacial score (nSPS) is 14.7. The predicted molar refractivity (Wildman–Crippen MR) is 119 cm³/mol. The van der Waals surface area contributed by atoms with Crippen LogP contribution >= 0.6 is 0 Å². The molecule has 0 N–H and O–H groups in total. The van der Waals surface area contributed by atoms with Crippen molar-refractivity contribution in [3.8, 4) is 5.69 Å². The first-order chi connectivity index (χ1) is 14.3. The number of aromatic nitrogens is 4. The fraction of sp³-hybridized carbons (Fsp3) is 0.478. The maximum Gasteiger partial charge on any atom is 0.222 e. The van der Waals surface area contributed by atoms with Crippen LogP contribution in [-0.2, 0) is 4.79 Å². The monoisotopic (exact) mass is 406 g/mol. The van der Waals surface area contributed by atoms with E-state index in [0.717, 1.165) is 60.2 Å². The highest BCUT2D eigenvalue weighted by atomic mass is 16.2. The zero-order valence-electron chi connectivity index (χ0n) is 18.5. The molecule has 1 aliphatic heterocycles. The third-order valence-corrected chi connectivity index (χ3v) is 5.59. The minimum absolute atomic E-state index is 0.247. The Kier molecular flexibility index (Phi) is 5.45. The lowest BCUT2D eigenvalue weighted by atomic mass is 10.1. The number of hydrogen-bond donors (Lipinski definition) is 0. The predicted octanol–water partition coefficient (Wildman–Crippen LogP) is 3.44. The van der Waals surface area contributed by atoms with E-state index in [1.807, 2.05) is 23.4 Å². The first-order valence-corrected chi connectivity index (χ1v) is 10.7. The summed E-state index contributed by atoms with van der Waals surface area (Å²) < 4.78 is 1.91. The Hall–Kier alpha value is -2.96. The molecule has 0 bridgehead atoms. The SMILES string of the molecule is Cc1ccc(-n2nc(C)c3c(N4CCN(C(=O)CC(C)C)CC4)nc(C)nc32)cc1. The quantitative estimate of drug-likeness (QED) is 0.664. The topological polar surface area (TPSA) is 67.2 Å². The van der Waals surface area contributed by atoms with Crippen LogP contribution in [0.3, 0.4) is 0 Å². The van der Waals surface area contributed by atoms with Gasteiger partial charge in [-0.3, -0.25) is 4.79 Å². The first-order valence-electron chi connectivity index (χ1n) is 10.7. The molecule has 1 amide bonds. The van der Waals surface area contributed by atoms with Crippen LogP contribution in [0.25, 0.3) is 16.7 Å². The molecule has 7 nitrogen and oxygen atoms in total. The van der Waals surface area contributed by atoms with Crippen LogP contribution in [0.15, 0.2) is 24.3 Å². The van der Waals surface area contributed by atoms with Crippen molar-refractivity contribution in [3.05, 3.63) is 41.3 Å². The third-order valence-electron chi connectivity index (χ3n) is 5.59. The van der Waals surface area contributed by atoms with Gasteiger partial charge in [0.25, 0.3) is 0 Å². The van der Waals surface area contributed by atoms with E-state index in [4.69, 9.17) is 15.1 Å². The van der Waals surface area contributed by atoms with Crippen molar-refractivity contribution in [2.45, 2.75) is 41.0 Å². The van der Waals surface area contributed by atoms with E-state index in [9.17, 15) is 4.79 Å². The van der Waals surface area contributed by atoms with E-state index in [0.29, 0.717) is 12.3 Å². The summed E-state index contributed by atoms with van der Waals surface area (Å²) in [7, 11) is 0. The molecular formula is C23H30N6O. The molecule has 7 heteroatoms. The van der Waals surface area contributed by atoms with Gasteiger partial charge in [-0.1, -0.05) is 31.5 Å². The van der Waals surface area contributed by atoms with Gasteiger partial charge in [-0.2, -0.15) is 5.10 Å². The second-order valence-electron chi connectivity index (χ2n) is 8.59. The minimum Gasteiger partial charge on any atom is -0.352 e. The van der Waals surface area contributed by atoms with Gasteiger partial charge < -0.3 is 9.80 Å². The highest BCUT2D eigenvalue weighted by molar-refractivity contribution is 5.91. The molecule has 4 rings (SSSR count). The third kappa shape index (κ3) is 3.88. The van der Waals surface area contributed by atoms with Crippen molar-refractivity contribution in [3.63, 3.8) is 0 Å². The van der Waals surface area contributed by atoms with Crippen LogP contribution in [0.1, 0.15) is 37.4 Å². The van der Waals surface area contributed by atoms with Crippen LogP contribution in [0.5, 0.6) is 0 Å². The van der Waals surface area contributed by atoms with Crippen molar-refractivity contribution >= 4 is 22.8 Å². The minimum atomic E-state index is 0.247. The molecule has 1 aromatic carbocycles. The Balaban J connectivity index is 1.66. The van der Waals surface area contributed by atoms with Crippen LogP contribution in [0.2, 0.25) is 0 Å². The Morgan fingerprint density at radius 3 is 2.30 bits per heavy atom. The number of carbonyl (C=O) groups is 1. The Bertz CT molecular complexity index is 1060. The molecule has 1 saturated heterocycles. The lowest BCUT2D eigenvalue weighted by molar-refractivity contribution is -0.132. The number of piperazine rings is 1. The van der Waals surface area contributed by atoms with Gasteiger partial charge in [0, 0.05) is 32.6 Å². The molecule has 0 aliphatic carbocycles. The standard InChI is InChI=1S/C23H30N6O/c1-15(2)14-20(30)27-10-12-28(13-11-27)22-21-17(4)26-29(23(21)25-18(5)24-22)19-8-6-16(3)7-9-19/h6-9,15H,10-14H2,1-5H3. The van der Waals surface area contributed by atoms with Gasteiger partial charge in [-0.05, 0) is 38.8 Å². The number of aryl methyl sites for hydroxylation is 3. The van der Waals surface area contributed by atoms with Crippen molar-refractivity contribution in [2.75, 3.05) is 31.1 Å². The number of amides is 1. The molecule has 3 heterocycles. The first kappa shape index (κ1) is 20.3. The summed E-state index contributed by atoms with van der Waals surface area (Å²) in [6.07, 6.45) is 0.610.